The molecule has 0 bridgehead atoms. The summed E-state index contributed by atoms with van der Waals surface area (Å²) in [4.78, 5) is 37.6. The van der Waals surface area contributed by atoms with Gasteiger partial charge in [0.1, 0.15) is 23.2 Å². The van der Waals surface area contributed by atoms with Gasteiger partial charge in [-0.05, 0) is 70.2 Å². The number of nitrogens with one attached hydrogen (secondary N) is 1. The molecule has 1 aliphatic heterocycles. The highest BCUT2D eigenvalue weighted by molar-refractivity contribution is 6.06. The predicted molar refractivity (Wildman–Crippen MR) is 165 cm³/mol. The zero-order chi connectivity index (χ0) is 34.2. The number of aliphatic hydroxyl groups is 1. The average molecular weight is 653 g/mol. The first-order chi connectivity index (χ1) is 22.2. The van der Waals surface area contributed by atoms with Crippen LogP contribution in [0, 0.1) is 19.7 Å². The first-order valence-corrected chi connectivity index (χ1v) is 14.4. The van der Waals surface area contributed by atoms with E-state index in [4.69, 9.17) is 33.8 Å². The number of halogens is 1. The minimum Gasteiger partial charge on any atom is -0.505 e. The number of aryl methyl sites for hydroxylation is 2. The number of primary amides is 1. The molecule has 13 nitrogen and oxygen atoms in total. The van der Waals surface area contributed by atoms with Gasteiger partial charge in [-0.2, -0.15) is 0 Å². The molecule has 248 valence electrons. The number of benzene rings is 3. The van der Waals surface area contributed by atoms with Crippen molar-refractivity contribution in [3.8, 4) is 23.0 Å². The smallest absolute Gasteiger partial charge is 0.404 e. The maximum atomic E-state index is 14.5. The molecule has 2 amide bonds. The molecule has 1 saturated heterocycles. The molecule has 1 aliphatic rings. The third-order valence-electron chi connectivity index (χ3n) is 7.70. The fraction of sp³-hybridized carbons (Fsp3) is 0.303. The van der Waals surface area contributed by atoms with Crippen molar-refractivity contribution in [1.29, 1.82) is 0 Å². The molecule has 1 aromatic heterocycles. The number of aliphatic hydroxyl groups excluding tert-OH is 1. The van der Waals surface area contributed by atoms with Gasteiger partial charge in [0.2, 0.25) is 6.29 Å². The van der Waals surface area contributed by atoms with Gasteiger partial charge in [0, 0.05) is 18.2 Å². The Labute approximate surface area is 267 Å². The van der Waals surface area contributed by atoms with Crippen molar-refractivity contribution in [2.24, 2.45) is 5.73 Å². The van der Waals surface area contributed by atoms with Gasteiger partial charge in [-0.25, -0.2) is 14.0 Å². The molecule has 0 radical (unpaired) electrons. The van der Waals surface area contributed by atoms with E-state index in [1.54, 1.807) is 38.1 Å². The van der Waals surface area contributed by atoms with E-state index in [9.17, 15) is 29.0 Å². The Kier molecular flexibility index (Phi) is 9.11. The lowest BCUT2D eigenvalue weighted by atomic mass is 9.89. The number of carbonyl (C=O) groups is 2. The number of ether oxygens (including phenoxy) is 5. The molecule has 0 saturated carbocycles. The van der Waals surface area contributed by atoms with Crippen LogP contribution < -0.4 is 26.1 Å². The van der Waals surface area contributed by atoms with Crippen molar-refractivity contribution in [2.45, 2.75) is 57.9 Å². The topological polar surface area (TPSA) is 189 Å². The van der Waals surface area contributed by atoms with Crippen LogP contribution in [0.4, 0.5) is 14.9 Å². The van der Waals surface area contributed by atoms with Crippen LogP contribution in [0.5, 0.6) is 23.0 Å². The summed E-state index contributed by atoms with van der Waals surface area (Å²) in [6.45, 7) is 6.70. The van der Waals surface area contributed by atoms with E-state index in [-0.39, 0.29) is 33.6 Å². The fourth-order valence-electron chi connectivity index (χ4n) is 5.31. The molecule has 3 aromatic carbocycles. The van der Waals surface area contributed by atoms with Gasteiger partial charge < -0.3 is 49.4 Å². The highest BCUT2D eigenvalue weighted by Crippen LogP contribution is 2.38. The van der Waals surface area contributed by atoms with Crippen molar-refractivity contribution < 1.29 is 52.3 Å². The van der Waals surface area contributed by atoms with Gasteiger partial charge in [-0.3, -0.25) is 4.79 Å². The van der Waals surface area contributed by atoms with Crippen LogP contribution in [0.3, 0.4) is 0 Å². The third kappa shape index (κ3) is 6.70. The molecule has 5 rings (SSSR count). The number of hydrogen-bond donors (Lipinski definition) is 4. The standard InChI is InChI=1S/C33H33FN2O11/c1-15-6-9-18(10-7-15)43-22-14-17(8-12-20(22)34)29(39)36-23-24(37)19-11-13-21(16(2)26(19)45-30(23)40)44-31-25(38)27(46-32(35)41)28(42-5)33(3,4)47-31/h6-14,25,27-28,31,37-38H,1-5H3,(H2,35,41)(H,36,39)/t25-,27+,28-,31-/m1/s1. The number of nitrogens with two attached hydrogens (primary N) is 1. The predicted octanol–water partition coefficient (Wildman–Crippen LogP) is 4.65. The summed E-state index contributed by atoms with van der Waals surface area (Å²) in [6, 6.07) is 13.0. The zero-order valence-electron chi connectivity index (χ0n) is 26.0. The van der Waals surface area contributed by atoms with Crippen LogP contribution in [0.1, 0.15) is 35.3 Å². The molecular weight excluding hydrogens is 619 g/mol. The van der Waals surface area contributed by atoms with Crippen molar-refractivity contribution in [1.82, 2.24) is 0 Å². The lowest BCUT2D eigenvalue weighted by Crippen LogP contribution is -2.65. The normalized spacial score (nSPS) is 20.4. The molecule has 4 atom stereocenters. The molecule has 4 aromatic rings. The van der Waals surface area contributed by atoms with Crippen LogP contribution in [0.15, 0.2) is 63.8 Å². The minimum atomic E-state index is -1.54. The summed E-state index contributed by atoms with van der Waals surface area (Å²) in [5, 5.41) is 24.4. The zero-order valence-corrected chi connectivity index (χ0v) is 26.0. The summed E-state index contributed by atoms with van der Waals surface area (Å²) < 4.78 is 47.9. The van der Waals surface area contributed by atoms with E-state index in [0.717, 1.165) is 17.7 Å². The number of methoxy groups -OCH3 is 1. The Balaban J connectivity index is 1.40. The van der Waals surface area contributed by atoms with E-state index in [0.29, 0.717) is 5.75 Å². The van der Waals surface area contributed by atoms with Crippen molar-refractivity contribution in [3.63, 3.8) is 0 Å². The molecule has 2 heterocycles. The van der Waals surface area contributed by atoms with Gasteiger partial charge in [-0.1, -0.05) is 17.7 Å². The summed E-state index contributed by atoms with van der Waals surface area (Å²) in [7, 11) is 1.36. The second-order valence-electron chi connectivity index (χ2n) is 11.4. The fourth-order valence-corrected chi connectivity index (χ4v) is 5.31. The monoisotopic (exact) mass is 652 g/mol. The first kappa shape index (κ1) is 33.2. The lowest BCUT2D eigenvalue weighted by molar-refractivity contribution is -0.304. The maximum Gasteiger partial charge on any atom is 0.404 e. The van der Waals surface area contributed by atoms with E-state index in [1.165, 1.54) is 32.2 Å². The second kappa shape index (κ2) is 12.9. The van der Waals surface area contributed by atoms with E-state index >= 15 is 0 Å². The molecule has 0 spiro atoms. The number of carbonyl (C=O) groups excluding carboxylic acids is 2. The lowest BCUT2D eigenvalue weighted by Gasteiger charge is -2.47. The van der Waals surface area contributed by atoms with Crippen LogP contribution >= 0.6 is 0 Å². The number of aromatic hydroxyl groups is 1. The van der Waals surface area contributed by atoms with Crippen LogP contribution in [-0.2, 0) is 14.2 Å². The second-order valence-corrected chi connectivity index (χ2v) is 11.4. The molecular formula is C33H33FN2O11. The number of hydrogen-bond acceptors (Lipinski definition) is 11. The number of fused-ring (bicyclic) bond motifs is 1. The third-order valence-corrected chi connectivity index (χ3v) is 7.70. The largest absolute Gasteiger partial charge is 0.505 e. The quantitative estimate of drug-likeness (QED) is 0.194. The minimum absolute atomic E-state index is 0.0482. The van der Waals surface area contributed by atoms with Gasteiger partial charge in [0.15, 0.2) is 35.2 Å². The first-order valence-electron chi connectivity index (χ1n) is 14.4. The highest BCUT2D eigenvalue weighted by Gasteiger charge is 2.53. The molecule has 0 unspecified atom stereocenters. The molecule has 5 N–H and O–H groups in total. The summed E-state index contributed by atoms with van der Waals surface area (Å²) in [6.07, 6.45) is -6.20. The number of rotatable bonds is 8. The number of amides is 2. The molecule has 14 heteroatoms. The Morgan fingerprint density at radius 3 is 2.40 bits per heavy atom. The molecule has 1 fully saturated rings. The van der Waals surface area contributed by atoms with Crippen LogP contribution in [-0.4, -0.2) is 59.5 Å². The Morgan fingerprint density at radius 1 is 1.04 bits per heavy atom. The maximum absolute atomic E-state index is 14.5. The van der Waals surface area contributed by atoms with Crippen LogP contribution in [0.25, 0.3) is 11.0 Å². The van der Waals surface area contributed by atoms with Gasteiger partial charge >= 0.3 is 11.7 Å². The Bertz CT molecular complexity index is 1890. The molecule has 47 heavy (non-hydrogen) atoms. The summed E-state index contributed by atoms with van der Waals surface area (Å²) in [5.41, 5.74) is 3.52. The average Bonchev–Trinajstić information content (AvgIpc) is 3.01. The summed E-state index contributed by atoms with van der Waals surface area (Å²) >= 11 is 0. The SMILES string of the molecule is CO[C@@H]1[C@@H](OC(N)=O)[C@@H](O)[C@H](Oc2ccc3c(O)c(NC(=O)c4ccc(F)c(Oc5ccc(C)cc5)c4)c(=O)oc3c2C)OC1(C)C. The van der Waals surface area contributed by atoms with E-state index in [1.807, 2.05) is 6.92 Å². The van der Waals surface area contributed by atoms with E-state index in [2.05, 4.69) is 5.32 Å². The van der Waals surface area contributed by atoms with E-state index < -0.39 is 65.1 Å². The molecule has 0 aliphatic carbocycles. The van der Waals surface area contributed by atoms with Crippen molar-refractivity contribution in [2.75, 3.05) is 12.4 Å². The Hall–Kier alpha value is -5.18. The highest BCUT2D eigenvalue weighted by atomic mass is 19.1. The number of anilines is 1. The van der Waals surface area contributed by atoms with Crippen LogP contribution in [0.2, 0.25) is 0 Å². The summed E-state index contributed by atoms with van der Waals surface area (Å²) in [5.74, 6) is -1.92. The Morgan fingerprint density at radius 2 is 1.74 bits per heavy atom. The van der Waals surface area contributed by atoms with Gasteiger partial charge in [-0.15, -0.1) is 0 Å². The van der Waals surface area contributed by atoms with Crippen molar-refractivity contribution >= 4 is 28.7 Å². The van der Waals surface area contributed by atoms with Gasteiger partial charge in [0.05, 0.1) is 11.0 Å². The van der Waals surface area contributed by atoms with Gasteiger partial charge in [0.25, 0.3) is 5.91 Å². The van der Waals surface area contributed by atoms with Crippen molar-refractivity contribution in [3.05, 3.63) is 87.5 Å².